The minimum atomic E-state index is -2.66. The van der Waals surface area contributed by atoms with Crippen molar-refractivity contribution in [2.24, 2.45) is 17.6 Å². The summed E-state index contributed by atoms with van der Waals surface area (Å²) in [5, 5.41) is 4.18. The highest BCUT2D eigenvalue weighted by molar-refractivity contribution is 5.95. The standard InChI is InChI=1S/C29H28F3N7O2/c1-29(2,33)17-10-22(16-4-6-18(30)7-5-16)36-25(11-17)41-26-19-13-38(14-20(19)26)27(40)21-15-39(28-34-8-3-9-35-28)37-23(21)12-24(31)32/h3-11,15,19-20,24,26H,12-14,33H2,1-2H3/t19-,20+,26-. The van der Waals surface area contributed by atoms with Gasteiger partial charge in [0.05, 0.1) is 23.4 Å². The van der Waals surface area contributed by atoms with Crippen molar-refractivity contribution in [1.29, 1.82) is 0 Å². The molecule has 6 rings (SSSR count). The van der Waals surface area contributed by atoms with Crippen molar-refractivity contribution in [3.05, 3.63) is 83.7 Å². The number of nitrogens with two attached hydrogens (primary N) is 1. The molecule has 1 aromatic carbocycles. The lowest BCUT2D eigenvalue weighted by Crippen LogP contribution is -2.34. The molecule has 3 aromatic heterocycles. The van der Waals surface area contributed by atoms with Crippen LogP contribution in [-0.4, -0.2) is 61.2 Å². The van der Waals surface area contributed by atoms with Gasteiger partial charge in [0.2, 0.25) is 18.3 Å². The average Bonchev–Trinajstić information content (AvgIpc) is 3.26. The first kappa shape index (κ1) is 26.9. The van der Waals surface area contributed by atoms with Gasteiger partial charge in [-0.25, -0.2) is 32.8 Å². The molecule has 4 aromatic rings. The zero-order valence-electron chi connectivity index (χ0n) is 22.4. The van der Waals surface area contributed by atoms with E-state index in [0.717, 1.165) is 11.1 Å². The van der Waals surface area contributed by atoms with E-state index in [-0.39, 0.29) is 46.9 Å². The highest BCUT2D eigenvalue weighted by Crippen LogP contribution is 2.48. The third-order valence-corrected chi connectivity index (χ3v) is 7.47. The second-order valence-electron chi connectivity index (χ2n) is 11.0. The molecule has 1 aliphatic carbocycles. The molecule has 2 aliphatic rings. The summed E-state index contributed by atoms with van der Waals surface area (Å²) >= 11 is 0. The number of carbonyl (C=O) groups is 1. The SMILES string of the molecule is CC(C)(N)c1cc(O[C@@H]2[C@@H]3CN(C(=O)c4cn(-c5ncccn5)nc4CC(F)F)C[C@@H]32)nc(-c2ccc(F)cc2)c1. The number of halogens is 3. The van der Waals surface area contributed by atoms with E-state index in [1.54, 1.807) is 29.2 Å². The fraction of sp³-hybridized carbons (Fsp3) is 0.345. The van der Waals surface area contributed by atoms with Crippen LogP contribution in [0.25, 0.3) is 17.2 Å². The number of aromatic nitrogens is 5. The molecule has 0 unspecified atom stereocenters. The van der Waals surface area contributed by atoms with Crippen LogP contribution in [0.3, 0.4) is 0 Å². The second-order valence-corrected chi connectivity index (χ2v) is 11.0. The minimum absolute atomic E-state index is 0.00423. The number of fused-ring (bicyclic) bond motifs is 1. The van der Waals surface area contributed by atoms with Gasteiger partial charge in [-0.3, -0.25) is 4.79 Å². The Morgan fingerprint density at radius 1 is 1.12 bits per heavy atom. The summed E-state index contributed by atoms with van der Waals surface area (Å²) < 4.78 is 47.6. The van der Waals surface area contributed by atoms with Crippen molar-refractivity contribution in [2.45, 2.75) is 38.3 Å². The number of hydrogen-bond donors (Lipinski definition) is 1. The van der Waals surface area contributed by atoms with E-state index in [0.29, 0.717) is 24.7 Å². The summed E-state index contributed by atoms with van der Waals surface area (Å²) in [6.07, 6.45) is 0.970. The quantitative estimate of drug-likeness (QED) is 0.345. The number of pyridine rings is 1. The molecule has 2 N–H and O–H groups in total. The maximum atomic E-state index is 13.5. The van der Waals surface area contributed by atoms with E-state index < -0.39 is 18.4 Å². The summed E-state index contributed by atoms with van der Waals surface area (Å²) in [6, 6.07) is 11.3. The van der Waals surface area contributed by atoms with E-state index in [1.807, 2.05) is 19.9 Å². The summed E-state index contributed by atoms with van der Waals surface area (Å²) in [6.45, 7) is 4.60. The maximum Gasteiger partial charge on any atom is 0.257 e. The number of amides is 1. The van der Waals surface area contributed by atoms with Crippen molar-refractivity contribution in [3.63, 3.8) is 0 Å². The Morgan fingerprint density at radius 2 is 1.80 bits per heavy atom. The third kappa shape index (κ3) is 5.51. The number of ether oxygens (including phenoxy) is 1. The van der Waals surface area contributed by atoms with E-state index >= 15 is 0 Å². The fourth-order valence-corrected chi connectivity index (χ4v) is 5.23. The van der Waals surface area contributed by atoms with Crippen LogP contribution in [0, 0.1) is 17.7 Å². The number of rotatable bonds is 8. The third-order valence-electron chi connectivity index (χ3n) is 7.47. The van der Waals surface area contributed by atoms with Crippen LogP contribution in [0.1, 0.15) is 35.5 Å². The number of likely N-dealkylation sites (tertiary alicyclic amines) is 1. The molecule has 1 saturated carbocycles. The number of benzene rings is 1. The van der Waals surface area contributed by atoms with Crippen molar-refractivity contribution < 1.29 is 22.7 Å². The lowest BCUT2D eigenvalue weighted by molar-refractivity contribution is 0.0749. The average molecular weight is 564 g/mol. The molecule has 0 bridgehead atoms. The number of nitrogens with zero attached hydrogens (tertiary/aromatic N) is 6. The van der Waals surface area contributed by atoms with Crippen molar-refractivity contribution in [2.75, 3.05) is 13.1 Å². The van der Waals surface area contributed by atoms with Gasteiger partial charge in [0, 0.05) is 60.7 Å². The molecule has 1 amide bonds. The molecule has 212 valence electrons. The molecule has 0 spiro atoms. The monoisotopic (exact) mass is 563 g/mol. The van der Waals surface area contributed by atoms with Crippen LogP contribution in [-0.2, 0) is 12.0 Å². The molecule has 0 radical (unpaired) electrons. The van der Waals surface area contributed by atoms with Gasteiger partial charge in [0.15, 0.2) is 0 Å². The van der Waals surface area contributed by atoms with Crippen LogP contribution < -0.4 is 10.5 Å². The Morgan fingerprint density at radius 3 is 2.44 bits per heavy atom. The summed E-state index contributed by atoms with van der Waals surface area (Å²) in [7, 11) is 0. The van der Waals surface area contributed by atoms with Crippen LogP contribution in [0.2, 0.25) is 0 Å². The Balaban J connectivity index is 1.17. The molecule has 1 saturated heterocycles. The minimum Gasteiger partial charge on any atom is -0.474 e. The van der Waals surface area contributed by atoms with Gasteiger partial charge in [0.1, 0.15) is 11.9 Å². The first-order valence-corrected chi connectivity index (χ1v) is 13.2. The normalized spacial score (nSPS) is 19.9. The Bertz CT molecular complexity index is 1560. The molecule has 3 atom stereocenters. The first-order chi connectivity index (χ1) is 19.6. The molecule has 12 heteroatoms. The highest BCUT2D eigenvalue weighted by Gasteiger charge is 2.59. The van der Waals surface area contributed by atoms with Gasteiger partial charge < -0.3 is 15.4 Å². The zero-order chi connectivity index (χ0) is 28.9. The molecular weight excluding hydrogens is 535 g/mol. The summed E-state index contributed by atoms with van der Waals surface area (Å²) in [5.41, 5.74) is 7.99. The predicted molar refractivity (Wildman–Crippen MR) is 143 cm³/mol. The Hall–Kier alpha value is -4.32. The van der Waals surface area contributed by atoms with Gasteiger partial charge >= 0.3 is 0 Å². The predicted octanol–water partition coefficient (Wildman–Crippen LogP) is 4.01. The molecule has 9 nitrogen and oxygen atoms in total. The summed E-state index contributed by atoms with van der Waals surface area (Å²) in [5.74, 6) is 0.0484. The van der Waals surface area contributed by atoms with E-state index in [2.05, 4.69) is 20.1 Å². The van der Waals surface area contributed by atoms with Crippen molar-refractivity contribution >= 4 is 5.91 Å². The smallest absolute Gasteiger partial charge is 0.257 e. The second kappa shape index (κ2) is 10.3. The lowest BCUT2D eigenvalue weighted by Gasteiger charge is -2.22. The zero-order valence-corrected chi connectivity index (χ0v) is 22.4. The van der Waals surface area contributed by atoms with Crippen molar-refractivity contribution in [3.8, 4) is 23.1 Å². The number of carbonyl (C=O) groups excluding carboxylic acids is 1. The van der Waals surface area contributed by atoms with Gasteiger partial charge in [-0.15, -0.1) is 0 Å². The number of hydrogen-bond acceptors (Lipinski definition) is 7. The van der Waals surface area contributed by atoms with Crippen LogP contribution in [0.4, 0.5) is 13.2 Å². The first-order valence-electron chi connectivity index (χ1n) is 13.2. The molecule has 1 aliphatic heterocycles. The Labute approximate surface area is 234 Å². The largest absolute Gasteiger partial charge is 0.474 e. The van der Waals surface area contributed by atoms with Gasteiger partial charge in [-0.1, -0.05) is 0 Å². The molecule has 2 fully saturated rings. The van der Waals surface area contributed by atoms with Gasteiger partial charge in [0.25, 0.3) is 5.91 Å². The Kier molecular flexibility index (Phi) is 6.72. The van der Waals surface area contributed by atoms with E-state index in [1.165, 1.54) is 35.4 Å². The van der Waals surface area contributed by atoms with Gasteiger partial charge in [-0.05, 0) is 55.8 Å². The van der Waals surface area contributed by atoms with E-state index in [9.17, 15) is 18.0 Å². The van der Waals surface area contributed by atoms with Crippen LogP contribution in [0.5, 0.6) is 5.88 Å². The topological polar surface area (TPSA) is 112 Å². The van der Waals surface area contributed by atoms with E-state index in [4.69, 9.17) is 10.5 Å². The van der Waals surface area contributed by atoms with Crippen molar-refractivity contribution in [1.82, 2.24) is 29.6 Å². The van der Waals surface area contributed by atoms with Crippen LogP contribution >= 0.6 is 0 Å². The molecule has 41 heavy (non-hydrogen) atoms. The fourth-order valence-electron chi connectivity index (χ4n) is 5.23. The number of alkyl halides is 2. The molecule has 4 heterocycles. The summed E-state index contributed by atoms with van der Waals surface area (Å²) in [4.78, 5) is 27.9. The van der Waals surface area contributed by atoms with Crippen LogP contribution in [0.15, 0.2) is 61.1 Å². The highest BCUT2D eigenvalue weighted by atomic mass is 19.3. The molecular formula is C29H28F3N7O2. The number of piperidine rings is 1. The van der Waals surface area contributed by atoms with Gasteiger partial charge in [-0.2, -0.15) is 5.10 Å². The maximum absolute atomic E-state index is 13.5. The lowest BCUT2D eigenvalue weighted by atomic mass is 9.95.